The minimum atomic E-state index is -3.24. The molecule has 0 amide bonds. The van der Waals surface area contributed by atoms with Gasteiger partial charge in [0, 0.05) is 5.54 Å². The SMILES string of the molecule is CC(C)(C)C/C=C\CCS(=O)(=O)NC(C)(C)C(C)(C)C. The lowest BCUT2D eigenvalue weighted by Gasteiger charge is -2.39. The molecule has 0 aromatic heterocycles. The average molecular weight is 304 g/mol. The highest BCUT2D eigenvalue weighted by Gasteiger charge is 2.35. The zero-order valence-electron chi connectivity index (χ0n) is 14.5. The monoisotopic (exact) mass is 303 g/mol. The second-order valence-corrected chi connectivity index (χ2v) is 10.2. The van der Waals surface area contributed by atoms with E-state index in [9.17, 15) is 8.42 Å². The molecule has 0 atom stereocenters. The molecule has 3 nitrogen and oxygen atoms in total. The summed E-state index contributed by atoms with van der Waals surface area (Å²) in [5, 5.41) is 0. The molecule has 0 rings (SSSR count). The van der Waals surface area contributed by atoms with Gasteiger partial charge in [-0.3, -0.25) is 0 Å². The molecule has 0 aromatic carbocycles. The molecule has 0 aliphatic carbocycles. The van der Waals surface area contributed by atoms with E-state index >= 15 is 0 Å². The minimum absolute atomic E-state index is 0.123. The van der Waals surface area contributed by atoms with E-state index in [2.05, 4.69) is 31.6 Å². The third kappa shape index (κ3) is 8.05. The maximum Gasteiger partial charge on any atom is 0.212 e. The van der Waals surface area contributed by atoms with Gasteiger partial charge in [0.15, 0.2) is 0 Å². The van der Waals surface area contributed by atoms with Crippen LogP contribution in [-0.4, -0.2) is 19.7 Å². The van der Waals surface area contributed by atoms with Gasteiger partial charge in [-0.2, -0.15) is 0 Å². The van der Waals surface area contributed by atoms with Gasteiger partial charge in [0.05, 0.1) is 5.75 Å². The first-order valence-electron chi connectivity index (χ1n) is 7.33. The molecule has 120 valence electrons. The Kier molecular flexibility index (Phi) is 6.49. The maximum absolute atomic E-state index is 12.1. The molecule has 4 heteroatoms. The van der Waals surface area contributed by atoms with Gasteiger partial charge in [0.25, 0.3) is 0 Å². The summed E-state index contributed by atoms with van der Waals surface area (Å²) < 4.78 is 27.0. The van der Waals surface area contributed by atoms with Crippen molar-refractivity contribution in [2.24, 2.45) is 10.8 Å². The second kappa shape index (κ2) is 6.61. The predicted octanol–water partition coefficient (Wildman–Crippen LogP) is 4.11. The number of sulfonamides is 1. The highest BCUT2D eigenvalue weighted by molar-refractivity contribution is 7.89. The van der Waals surface area contributed by atoms with Crippen molar-refractivity contribution in [1.82, 2.24) is 4.72 Å². The van der Waals surface area contributed by atoms with Crippen LogP contribution in [0.2, 0.25) is 0 Å². The Morgan fingerprint density at radius 1 is 0.900 bits per heavy atom. The molecule has 0 spiro atoms. The predicted molar refractivity (Wildman–Crippen MR) is 88.3 cm³/mol. The zero-order chi connectivity index (χ0) is 16.2. The van der Waals surface area contributed by atoms with Crippen molar-refractivity contribution in [3.63, 3.8) is 0 Å². The molecule has 0 unspecified atom stereocenters. The molecular weight excluding hydrogens is 270 g/mol. The van der Waals surface area contributed by atoms with Gasteiger partial charge >= 0.3 is 0 Å². The average Bonchev–Trinajstić information content (AvgIpc) is 2.10. The minimum Gasteiger partial charge on any atom is -0.212 e. The van der Waals surface area contributed by atoms with Crippen molar-refractivity contribution < 1.29 is 8.42 Å². The lowest BCUT2D eigenvalue weighted by molar-refractivity contribution is 0.208. The molecule has 0 aliphatic rings. The third-order valence-electron chi connectivity index (χ3n) is 3.74. The summed E-state index contributed by atoms with van der Waals surface area (Å²) >= 11 is 0. The van der Waals surface area contributed by atoms with Crippen LogP contribution < -0.4 is 4.72 Å². The fourth-order valence-electron chi connectivity index (χ4n) is 1.37. The lowest BCUT2D eigenvalue weighted by atomic mass is 9.77. The summed E-state index contributed by atoms with van der Waals surface area (Å²) in [6.07, 6.45) is 5.57. The summed E-state index contributed by atoms with van der Waals surface area (Å²) in [6.45, 7) is 16.5. The lowest BCUT2D eigenvalue weighted by Crippen LogP contribution is -2.52. The van der Waals surface area contributed by atoms with Crippen LogP contribution in [0.4, 0.5) is 0 Å². The van der Waals surface area contributed by atoms with Crippen molar-refractivity contribution in [1.29, 1.82) is 0 Å². The molecule has 0 aliphatic heterocycles. The highest BCUT2D eigenvalue weighted by atomic mass is 32.2. The Morgan fingerprint density at radius 2 is 1.40 bits per heavy atom. The maximum atomic E-state index is 12.1. The van der Waals surface area contributed by atoms with Crippen LogP contribution in [0, 0.1) is 10.8 Å². The Labute approximate surface area is 126 Å². The molecule has 0 radical (unpaired) electrons. The van der Waals surface area contributed by atoms with Crippen LogP contribution in [-0.2, 0) is 10.0 Å². The van der Waals surface area contributed by atoms with E-state index in [1.165, 1.54) is 0 Å². The van der Waals surface area contributed by atoms with Gasteiger partial charge < -0.3 is 0 Å². The van der Waals surface area contributed by atoms with Crippen molar-refractivity contribution in [3.8, 4) is 0 Å². The summed E-state index contributed by atoms with van der Waals surface area (Å²) in [7, 11) is -3.24. The van der Waals surface area contributed by atoms with Gasteiger partial charge in [0.1, 0.15) is 0 Å². The number of hydrogen-bond donors (Lipinski definition) is 1. The Hall–Kier alpha value is -0.350. The first-order valence-corrected chi connectivity index (χ1v) is 8.98. The molecular formula is C16H33NO2S. The molecule has 0 saturated heterocycles. The normalized spacial score (nSPS) is 15.0. The van der Waals surface area contributed by atoms with Crippen LogP contribution in [0.25, 0.3) is 0 Å². The smallest absolute Gasteiger partial charge is 0.212 e. The molecule has 1 N–H and O–H groups in total. The summed E-state index contributed by atoms with van der Waals surface area (Å²) in [6, 6.07) is 0. The topological polar surface area (TPSA) is 46.2 Å². The zero-order valence-corrected chi connectivity index (χ0v) is 15.3. The summed E-state index contributed by atoms with van der Waals surface area (Å²) in [5.41, 5.74) is -0.328. The van der Waals surface area contributed by atoms with Crippen molar-refractivity contribution in [3.05, 3.63) is 12.2 Å². The summed E-state index contributed by atoms with van der Waals surface area (Å²) in [5.74, 6) is 0.146. The third-order valence-corrected chi connectivity index (χ3v) is 5.33. The molecule has 0 fully saturated rings. The fraction of sp³-hybridized carbons (Fsp3) is 0.875. The number of nitrogens with one attached hydrogen (secondary N) is 1. The highest BCUT2D eigenvalue weighted by Crippen LogP contribution is 2.30. The first-order chi connectivity index (χ1) is 8.66. The van der Waals surface area contributed by atoms with Crippen LogP contribution in [0.15, 0.2) is 12.2 Å². The van der Waals surface area contributed by atoms with E-state index in [4.69, 9.17) is 0 Å². The summed E-state index contributed by atoms with van der Waals surface area (Å²) in [4.78, 5) is 0. The van der Waals surface area contributed by atoms with Gasteiger partial charge in [0.2, 0.25) is 10.0 Å². The molecule has 20 heavy (non-hydrogen) atoms. The van der Waals surface area contributed by atoms with Crippen LogP contribution >= 0.6 is 0 Å². The Morgan fingerprint density at radius 3 is 1.80 bits per heavy atom. The van der Waals surface area contributed by atoms with E-state index in [0.29, 0.717) is 6.42 Å². The molecule has 0 bridgehead atoms. The van der Waals surface area contributed by atoms with Crippen LogP contribution in [0.3, 0.4) is 0 Å². The first kappa shape index (κ1) is 19.7. The molecule has 0 aromatic rings. The van der Waals surface area contributed by atoms with E-state index in [0.717, 1.165) is 6.42 Å². The quantitative estimate of drug-likeness (QED) is 0.750. The van der Waals surface area contributed by atoms with Gasteiger partial charge in [-0.1, -0.05) is 53.7 Å². The fourth-order valence-corrected chi connectivity index (χ4v) is 3.00. The molecule has 0 heterocycles. The van der Waals surface area contributed by atoms with E-state index in [-0.39, 0.29) is 16.6 Å². The van der Waals surface area contributed by atoms with Crippen molar-refractivity contribution in [2.75, 3.05) is 5.75 Å². The van der Waals surface area contributed by atoms with Gasteiger partial charge in [-0.05, 0) is 37.5 Å². The number of rotatable bonds is 6. The van der Waals surface area contributed by atoms with E-state index in [1.807, 2.05) is 40.7 Å². The van der Waals surface area contributed by atoms with E-state index < -0.39 is 15.6 Å². The van der Waals surface area contributed by atoms with Crippen LogP contribution in [0.5, 0.6) is 0 Å². The van der Waals surface area contributed by atoms with Crippen LogP contribution in [0.1, 0.15) is 68.2 Å². The molecule has 0 saturated carbocycles. The Balaban J connectivity index is 4.43. The van der Waals surface area contributed by atoms with Crippen molar-refractivity contribution >= 4 is 10.0 Å². The number of allylic oxidation sites excluding steroid dienone is 2. The second-order valence-electron chi connectivity index (χ2n) is 8.32. The van der Waals surface area contributed by atoms with E-state index in [1.54, 1.807) is 0 Å². The number of hydrogen-bond acceptors (Lipinski definition) is 2. The van der Waals surface area contributed by atoms with Gasteiger partial charge in [-0.15, -0.1) is 0 Å². The largest absolute Gasteiger partial charge is 0.212 e. The Bertz CT molecular complexity index is 420. The van der Waals surface area contributed by atoms with Crippen molar-refractivity contribution in [2.45, 2.75) is 73.8 Å². The van der Waals surface area contributed by atoms with Gasteiger partial charge in [-0.25, -0.2) is 13.1 Å². The standard InChI is InChI=1S/C16H33NO2S/c1-14(2,3)12-10-9-11-13-20(18,19)17-16(7,8)15(4,5)6/h9-10,17H,11-13H2,1-8H3/b10-9-.